The Morgan fingerprint density at radius 3 is 2.46 bits per heavy atom. The Morgan fingerprint density at radius 1 is 1.09 bits per heavy atom. The van der Waals surface area contributed by atoms with E-state index in [-0.39, 0.29) is 13.1 Å². The third-order valence-corrected chi connectivity index (χ3v) is 5.19. The molecule has 0 bridgehead atoms. The average molecular weight is 487 g/mol. The van der Waals surface area contributed by atoms with Crippen molar-refractivity contribution < 1.29 is 33.6 Å². The Morgan fingerprint density at radius 2 is 1.80 bits per heavy atom. The van der Waals surface area contributed by atoms with Crippen molar-refractivity contribution in [3.8, 4) is 11.5 Å². The highest BCUT2D eigenvalue weighted by Gasteiger charge is 2.36. The molecule has 0 aromatic heterocycles. The van der Waals surface area contributed by atoms with Crippen LogP contribution in [0.5, 0.6) is 11.5 Å². The molecule has 2 amide bonds. The molecule has 35 heavy (non-hydrogen) atoms. The first-order valence-corrected chi connectivity index (χ1v) is 11.6. The number of amides is 2. The molecular weight excluding hydrogens is 452 g/mol. The highest BCUT2D eigenvalue weighted by molar-refractivity contribution is 5.97. The van der Waals surface area contributed by atoms with Crippen molar-refractivity contribution in [2.45, 2.75) is 45.6 Å². The number of rotatable bonds is 9. The van der Waals surface area contributed by atoms with Crippen molar-refractivity contribution in [2.75, 3.05) is 38.3 Å². The molecule has 1 heterocycles. The van der Waals surface area contributed by atoms with Crippen molar-refractivity contribution in [3.05, 3.63) is 54.1 Å². The van der Waals surface area contributed by atoms with E-state index >= 15 is 0 Å². The molecule has 1 aliphatic heterocycles. The molecule has 190 valence electrons. The highest BCUT2D eigenvalue weighted by atomic mass is 16.6. The molecule has 3 rings (SSSR count). The van der Waals surface area contributed by atoms with E-state index in [1.54, 1.807) is 52.1 Å². The number of methoxy groups -OCH3 is 1. The van der Waals surface area contributed by atoms with Crippen LogP contribution in [0.4, 0.5) is 10.5 Å². The van der Waals surface area contributed by atoms with Crippen molar-refractivity contribution in [1.29, 1.82) is 0 Å². The summed E-state index contributed by atoms with van der Waals surface area (Å²) >= 11 is 0. The van der Waals surface area contributed by atoms with Crippen LogP contribution in [0.1, 0.15) is 32.8 Å². The number of para-hydroxylation sites is 1. The lowest BCUT2D eigenvalue weighted by molar-refractivity contribution is -0.125. The number of aliphatic hydroxyl groups excluding tert-OH is 1. The maximum absolute atomic E-state index is 12.6. The number of anilines is 1. The molecule has 1 N–H and O–H groups in total. The minimum Gasteiger partial charge on any atom is -0.496 e. The predicted molar refractivity (Wildman–Crippen MR) is 131 cm³/mol. The van der Waals surface area contributed by atoms with Crippen LogP contribution in [-0.2, 0) is 20.9 Å². The number of hydrogen-bond acceptors (Lipinski definition) is 7. The van der Waals surface area contributed by atoms with Crippen LogP contribution in [-0.4, -0.2) is 67.2 Å². The lowest BCUT2D eigenvalue weighted by Gasteiger charge is -2.38. The molecule has 9 nitrogen and oxygen atoms in total. The van der Waals surface area contributed by atoms with Gasteiger partial charge in [0.1, 0.15) is 23.6 Å². The van der Waals surface area contributed by atoms with Crippen LogP contribution in [0.25, 0.3) is 0 Å². The average Bonchev–Trinajstić information content (AvgIpc) is 2.81. The largest absolute Gasteiger partial charge is 0.496 e. The van der Waals surface area contributed by atoms with Crippen molar-refractivity contribution >= 4 is 17.7 Å². The van der Waals surface area contributed by atoms with Gasteiger partial charge in [-0.1, -0.05) is 18.2 Å². The summed E-state index contributed by atoms with van der Waals surface area (Å²) < 4.78 is 22.1. The number of piperazine rings is 1. The lowest BCUT2D eigenvalue weighted by atomic mass is 10.2. The highest BCUT2D eigenvalue weighted by Crippen LogP contribution is 2.25. The summed E-state index contributed by atoms with van der Waals surface area (Å²) in [6.45, 7) is 6.53. The summed E-state index contributed by atoms with van der Waals surface area (Å²) in [4.78, 5) is 27.4. The zero-order chi connectivity index (χ0) is 25.4. The van der Waals surface area contributed by atoms with Gasteiger partial charge < -0.3 is 24.1 Å². The van der Waals surface area contributed by atoms with Crippen LogP contribution in [0.15, 0.2) is 48.5 Å². The normalized spacial score (nSPS) is 16.3. The fourth-order valence-corrected chi connectivity index (χ4v) is 3.59. The van der Waals surface area contributed by atoms with Gasteiger partial charge in [-0.25, -0.2) is 4.79 Å². The van der Waals surface area contributed by atoms with Crippen LogP contribution < -0.4 is 14.4 Å². The Labute approximate surface area is 206 Å². The van der Waals surface area contributed by atoms with Gasteiger partial charge in [0.15, 0.2) is 6.23 Å². The Balaban J connectivity index is 1.43. The second-order valence-corrected chi connectivity index (χ2v) is 9.17. The minimum absolute atomic E-state index is 0.0340. The van der Waals surface area contributed by atoms with E-state index in [9.17, 15) is 14.7 Å². The SMILES string of the molecule is COc1ccccc1COCCCOc1ccc(N2C(=O)CN(C(=O)OC(C)(C)C)C[C@@H]2O)cc1. The number of nitrogens with zero attached hydrogens (tertiary/aromatic N) is 2. The lowest BCUT2D eigenvalue weighted by Crippen LogP contribution is -2.58. The molecule has 1 atom stereocenters. The third-order valence-electron chi connectivity index (χ3n) is 5.19. The van der Waals surface area contributed by atoms with Crippen LogP contribution in [0, 0.1) is 0 Å². The van der Waals surface area contributed by atoms with Crippen molar-refractivity contribution in [2.24, 2.45) is 0 Å². The maximum atomic E-state index is 12.6. The number of carbonyl (C=O) groups is 2. The Bertz CT molecular complexity index is 988. The fraction of sp³-hybridized carbons (Fsp3) is 0.462. The van der Waals surface area contributed by atoms with Crippen LogP contribution in [0.3, 0.4) is 0 Å². The van der Waals surface area contributed by atoms with Gasteiger partial charge in [-0.15, -0.1) is 0 Å². The summed E-state index contributed by atoms with van der Waals surface area (Å²) in [5.41, 5.74) is 0.841. The monoisotopic (exact) mass is 486 g/mol. The molecule has 1 saturated heterocycles. The van der Waals surface area contributed by atoms with Gasteiger partial charge in [-0.3, -0.25) is 14.6 Å². The van der Waals surface area contributed by atoms with Gasteiger partial charge >= 0.3 is 6.09 Å². The summed E-state index contributed by atoms with van der Waals surface area (Å²) in [6.07, 6.45) is -1.09. The second-order valence-electron chi connectivity index (χ2n) is 9.17. The van der Waals surface area contributed by atoms with E-state index in [4.69, 9.17) is 18.9 Å². The number of carbonyl (C=O) groups excluding carboxylic acids is 2. The molecule has 0 aliphatic carbocycles. The molecule has 1 fully saturated rings. The Hall–Kier alpha value is -3.30. The van der Waals surface area contributed by atoms with E-state index < -0.39 is 23.8 Å². The van der Waals surface area contributed by atoms with Gasteiger partial charge in [0.25, 0.3) is 0 Å². The number of benzene rings is 2. The van der Waals surface area contributed by atoms with Crippen molar-refractivity contribution in [1.82, 2.24) is 4.90 Å². The van der Waals surface area contributed by atoms with Crippen LogP contribution in [0.2, 0.25) is 0 Å². The topological polar surface area (TPSA) is 97.8 Å². The summed E-state index contributed by atoms with van der Waals surface area (Å²) in [6, 6.07) is 14.6. The van der Waals surface area contributed by atoms with Gasteiger partial charge in [-0.2, -0.15) is 0 Å². The van der Waals surface area contributed by atoms with Gasteiger partial charge in [0.05, 0.1) is 33.5 Å². The smallest absolute Gasteiger partial charge is 0.410 e. The molecular formula is C26H34N2O7. The molecule has 2 aromatic carbocycles. The number of ether oxygens (including phenoxy) is 4. The quantitative estimate of drug-likeness (QED) is 0.541. The fourth-order valence-electron chi connectivity index (χ4n) is 3.59. The zero-order valence-corrected chi connectivity index (χ0v) is 20.7. The molecule has 0 saturated carbocycles. The molecule has 0 unspecified atom stereocenters. The minimum atomic E-state index is -1.17. The molecule has 0 spiro atoms. The van der Waals surface area contributed by atoms with E-state index in [0.29, 0.717) is 37.7 Å². The van der Waals surface area contributed by atoms with E-state index in [0.717, 1.165) is 11.3 Å². The standard InChI is InChI=1S/C26H34N2O7/c1-26(2,3)35-25(31)27-16-23(29)28(24(30)17-27)20-10-12-21(13-11-20)34-15-7-14-33-18-19-8-5-6-9-22(19)32-4/h5-6,8-13,23,29H,7,14-18H2,1-4H3/t23-/m0/s1. The summed E-state index contributed by atoms with van der Waals surface area (Å²) in [5, 5.41) is 10.5. The first-order valence-electron chi connectivity index (χ1n) is 11.6. The number of β-amino-alcohol motifs (C(OH)–C–C–N with tert-alkyl or cyclic N) is 1. The van der Waals surface area contributed by atoms with Gasteiger partial charge in [-0.05, 0) is 51.1 Å². The number of hydrogen-bond donors (Lipinski definition) is 1. The molecule has 2 aromatic rings. The Kier molecular flexibility index (Phi) is 8.95. The van der Waals surface area contributed by atoms with E-state index in [1.165, 1.54) is 9.80 Å². The second kappa shape index (κ2) is 11.9. The van der Waals surface area contributed by atoms with Gasteiger partial charge in [0.2, 0.25) is 5.91 Å². The first kappa shape index (κ1) is 26.3. The molecule has 0 radical (unpaired) electrons. The third kappa shape index (κ3) is 7.60. The summed E-state index contributed by atoms with van der Waals surface area (Å²) in [7, 11) is 1.64. The van der Waals surface area contributed by atoms with E-state index in [1.807, 2.05) is 24.3 Å². The molecule has 1 aliphatic rings. The van der Waals surface area contributed by atoms with E-state index in [2.05, 4.69) is 0 Å². The first-order chi connectivity index (χ1) is 16.7. The zero-order valence-electron chi connectivity index (χ0n) is 20.7. The maximum Gasteiger partial charge on any atom is 0.410 e. The molecule has 9 heteroatoms. The summed E-state index contributed by atoms with van der Waals surface area (Å²) in [5.74, 6) is 1.06. The van der Waals surface area contributed by atoms with Crippen LogP contribution >= 0.6 is 0 Å². The van der Waals surface area contributed by atoms with Crippen molar-refractivity contribution in [3.63, 3.8) is 0 Å². The predicted octanol–water partition coefficient (Wildman–Crippen LogP) is 3.58. The van der Waals surface area contributed by atoms with Gasteiger partial charge in [0, 0.05) is 17.7 Å². The number of aliphatic hydroxyl groups is 1.